The molecule has 0 saturated heterocycles. The van der Waals surface area contributed by atoms with Gasteiger partial charge in [0.05, 0.1) is 0 Å². The Morgan fingerprint density at radius 2 is 1.80 bits per heavy atom. The molecule has 4 heteroatoms. The highest BCUT2D eigenvalue weighted by molar-refractivity contribution is 5.78. The van der Waals surface area contributed by atoms with Gasteiger partial charge in [-0.3, -0.25) is 0 Å². The van der Waals surface area contributed by atoms with E-state index in [9.17, 15) is 19.8 Å². The van der Waals surface area contributed by atoms with E-state index >= 15 is 0 Å². The minimum atomic E-state index is -1.30. The topological polar surface area (TPSA) is 80.3 Å². The van der Waals surface area contributed by atoms with Gasteiger partial charge in [0, 0.05) is 23.8 Å². The number of carbonyl (C=O) groups is 2. The molecule has 1 aliphatic carbocycles. The molecule has 84 valence electrons. The van der Waals surface area contributed by atoms with E-state index in [2.05, 4.69) is 0 Å². The van der Waals surface area contributed by atoms with Gasteiger partial charge in [0.25, 0.3) is 0 Å². The summed E-state index contributed by atoms with van der Waals surface area (Å²) in [5, 5.41) is 21.5. The average molecular weight is 210 g/mol. The Labute approximate surface area is 88.6 Å². The fourth-order valence-electron chi connectivity index (χ4n) is 1.90. The van der Waals surface area contributed by atoms with E-state index in [1.165, 1.54) is 0 Å². The van der Waals surface area contributed by atoms with Crippen molar-refractivity contribution in [2.75, 3.05) is 0 Å². The van der Waals surface area contributed by atoms with Crippen LogP contribution in [-0.2, 0) is 9.59 Å². The Hall–Kier alpha value is -1.32. The summed E-state index contributed by atoms with van der Waals surface area (Å²) >= 11 is 0. The Kier molecular flexibility index (Phi) is 3.50. The van der Waals surface area contributed by atoms with Gasteiger partial charge in [0.2, 0.25) is 0 Å². The molecule has 0 heterocycles. The van der Waals surface area contributed by atoms with Crippen molar-refractivity contribution in [1.29, 1.82) is 0 Å². The van der Waals surface area contributed by atoms with Crippen LogP contribution in [0.5, 0.6) is 0 Å². The second kappa shape index (κ2) is 4.47. The zero-order valence-corrected chi connectivity index (χ0v) is 8.86. The lowest BCUT2D eigenvalue weighted by Crippen LogP contribution is -2.45. The van der Waals surface area contributed by atoms with E-state index in [4.69, 9.17) is 0 Å². The minimum absolute atomic E-state index is 0.231. The van der Waals surface area contributed by atoms with Crippen molar-refractivity contribution in [3.05, 3.63) is 11.6 Å². The highest BCUT2D eigenvalue weighted by Crippen LogP contribution is 2.32. The van der Waals surface area contributed by atoms with Crippen LogP contribution in [0.4, 0.5) is 0 Å². The van der Waals surface area contributed by atoms with E-state index in [-0.39, 0.29) is 18.8 Å². The van der Waals surface area contributed by atoms with Gasteiger partial charge in [0.15, 0.2) is 0 Å². The van der Waals surface area contributed by atoms with Gasteiger partial charge in [-0.2, -0.15) is 0 Å². The first-order valence-corrected chi connectivity index (χ1v) is 5.04. The van der Waals surface area contributed by atoms with Gasteiger partial charge < -0.3 is 19.8 Å². The van der Waals surface area contributed by atoms with Crippen LogP contribution in [0, 0.1) is 17.8 Å². The summed E-state index contributed by atoms with van der Waals surface area (Å²) in [4.78, 5) is 21.5. The predicted molar refractivity (Wildman–Crippen MR) is 49.1 cm³/mol. The van der Waals surface area contributed by atoms with Gasteiger partial charge in [-0.05, 0) is 18.8 Å². The Morgan fingerprint density at radius 1 is 1.27 bits per heavy atom. The van der Waals surface area contributed by atoms with Crippen LogP contribution in [0.1, 0.15) is 26.7 Å². The molecule has 0 aromatic rings. The molecule has 0 amide bonds. The number of rotatable bonds is 3. The number of carbonyl (C=O) groups excluding carboxylic acids is 2. The summed E-state index contributed by atoms with van der Waals surface area (Å²) in [6.07, 6.45) is 2.30. The molecule has 0 aromatic carbocycles. The highest BCUT2D eigenvalue weighted by Gasteiger charge is 2.28. The number of carboxylic acid groups (broad SMARTS) is 2. The maximum Gasteiger partial charge on any atom is 0.0455 e. The summed E-state index contributed by atoms with van der Waals surface area (Å²) < 4.78 is 0. The maximum atomic E-state index is 10.8. The summed E-state index contributed by atoms with van der Waals surface area (Å²) in [5.41, 5.74) is 0.988. The van der Waals surface area contributed by atoms with Crippen LogP contribution in [0.15, 0.2) is 11.6 Å². The lowest BCUT2D eigenvalue weighted by Gasteiger charge is -2.33. The van der Waals surface area contributed by atoms with E-state index in [1.54, 1.807) is 0 Å². The van der Waals surface area contributed by atoms with Crippen molar-refractivity contribution in [3.63, 3.8) is 0 Å². The number of hydrogen-bond acceptors (Lipinski definition) is 4. The van der Waals surface area contributed by atoms with Crippen LogP contribution < -0.4 is 10.2 Å². The summed E-state index contributed by atoms with van der Waals surface area (Å²) in [6.45, 7) is 3.91. The molecule has 0 unspecified atom stereocenters. The summed E-state index contributed by atoms with van der Waals surface area (Å²) in [5.74, 6) is -4.25. The summed E-state index contributed by atoms with van der Waals surface area (Å²) in [7, 11) is 0. The van der Waals surface area contributed by atoms with Crippen LogP contribution in [0.3, 0.4) is 0 Å². The van der Waals surface area contributed by atoms with Crippen LogP contribution in [0.25, 0.3) is 0 Å². The molecule has 0 spiro atoms. The molecule has 0 radical (unpaired) electrons. The first-order valence-electron chi connectivity index (χ1n) is 5.04. The lowest BCUT2D eigenvalue weighted by molar-refractivity contribution is -0.327. The molecule has 0 bridgehead atoms. The van der Waals surface area contributed by atoms with E-state index < -0.39 is 23.8 Å². The Balaban J connectivity index is 2.87. The largest absolute Gasteiger partial charge is 0.550 e. The second-order valence-electron chi connectivity index (χ2n) is 4.22. The summed E-state index contributed by atoms with van der Waals surface area (Å²) in [6, 6.07) is 0. The van der Waals surface area contributed by atoms with E-state index in [1.807, 2.05) is 19.9 Å². The number of allylic oxidation sites excluding steroid dienone is 2. The molecule has 2 atom stereocenters. The number of hydrogen-bond donors (Lipinski definition) is 0. The molecule has 4 nitrogen and oxygen atoms in total. The van der Waals surface area contributed by atoms with Crippen LogP contribution in [0.2, 0.25) is 0 Å². The molecule has 0 saturated carbocycles. The Morgan fingerprint density at radius 3 is 2.20 bits per heavy atom. The molecule has 1 rings (SSSR count). The predicted octanol–water partition coefficient (Wildman–Crippen LogP) is -0.905. The molecular weight excluding hydrogens is 196 g/mol. The fraction of sp³-hybridized carbons (Fsp3) is 0.636. The number of aliphatic carboxylic acids is 2. The van der Waals surface area contributed by atoms with Crippen molar-refractivity contribution in [2.45, 2.75) is 26.7 Å². The minimum Gasteiger partial charge on any atom is -0.550 e. The van der Waals surface area contributed by atoms with Crippen molar-refractivity contribution in [3.8, 4) is 0 Å². The van der Waals surface area contributed by atoms with Crippen molar-refractivity contribution < 1.29 is 19.8 Å². The first-order chi connectivity index (χ1) is 6.93. The van der Waals surface area contributed by atoms with Crippen molar-refractivity contribution in [1.82, 2.24) is 0 Å². The van der Waals surface area contributed by atoms with Gasteiger partial charge in [0.1, 0.15) is 0 Å². The molecule has 0 aromatic heterocycles. The third-order valence-electron chi connectivity index (χ3n) is 2.92. The molecule has 1 aliphatic rings. The third kappa shape index (κ3) is 2.58. The molecule has 0 N–H and O–H groups in total. The second-order valence-corrected chi connectivity index (χ2v) is 4.22. The third-order valence-corrected chi connectivity index (χ3v) is 2.92. The zero-order valence-electron chi connectivity index (χ0n) is 8.86. The van der Waals surface area contributed by atoms with E-state index in [0.717, 1.165) is 5.57 Å². The molecule has 15 heavy (non-hydrogen) atoms. The quantitative estimate of drug-likeness (QED) is 0.565. The SMILES string of the molecule is CC(C)C1=CC[C@H](C(=O)[O-])[C@@H](C(=O)[O-])C1. The average Bonchev–Trinajstić information content (AvgIpc) is 2.16. The molecule has 0 fully saturated rings. The smallest absolute Gasteiger partial charge is 0.0455 e. The van der Waals surface area contributed by atoms with Crippen molar-refractivity contribution in [2.24, 2.45) is 17.8 Å². The van der Waals surface area contributed by atoms with Crippen LogP contribution >= 0.6 is 0 Å². The van der Waals surface area contributed by atoms with Crippen LogP contribution in [-0.4, -0.2) is 11.9 Å². The Bertz CT molecular complexity index is 304. The lowest BCUT2D eigenvalue weighted by atomic mass is 9.77. The first kappa shape index (κ1) is 11.8. The number of carboxylic acids is 2. The molecule has 0 aliphatic heterocycles. The van der Waals surface area contributed by atoms with Gasteiger partial charge >= 0.3 is 0 Å². The van der Waals surface area contributed by atoms with E-state index in [0.29, 0.717) is 0 Å². The maximum absolute atomic E-state index is 10.8. The fourth-order valence-corrected chi connectivity index (χ4v) is 1.90. The molecular formula is C11H14O4-2. The van der Waals surface area contributed by atoms with Gasteiger partial charge in [-0.1, -0.05) is 25.5 Å². The zero-order chi connectivity index (χ0) is 11.6. The van der Waals surface area contributed by atoms with Crippen molar-refractivity contribution >= 4 is 11.9 Å². The highest BCUT2D eigenvalue weighted by atomic mass is 16.4. The standard InChI is InChI=1S/C11H16O4/c1-6(2)7-3-4-8(10(12)13)9(5-7)11(14)15/h3,6,8-9H,4-5H2,1-2H3,(H,12,13)(H,14,15)/p-2/t8-,9-/m0/s1. The monoisotopic (exact) mass is 210 g/mol. The van der Waals surface area contributed by atoms with Gasteiger partial charge in [-0.15, -0.1) is 0 Å². The normalized spacial score (nSPS) is 26.2. The van der Waals surface area contributed by atoms with Gasteiger partial charge in [-0.25, -0.2) is 0 Å².